The highest BCUT2D eigenvalue weighted by Gasteiger charge is 2.25. The summed E-state index contributed by atoms with van der Waals surface area (Å²) in [6.07, 6.45) is 6.23. The van der Waals surface area contributed by atoms with Crippen LogP contribution in [0.5, 0.6) is 5.75 Å². The molecule has 0 amide bonds. The van der Waals surface area contributed by atoms with Crippen LogP contribution < -0.4 is 4.74 Å². The number of fused-ring (bicyclic) bond motifs is 1. The number of hydrogen-bond donors (Lipinski definition) is 1. The summed E-state index contributed by atoms with van der Waals surface area (Å²) in [7, 11) is 1.49. The predicted octanol–water partition coefficient (Wildman–Crippen LogP) is 5.89. The number of carbonyl (C=O) groups is 1. The van der Waals surface area contributed by atoms with Crippen LogP contribution in [0.3, 0.4) is 0 Å². The molecule has 1 saturated heterocycles. The number of halogens is 1. The average molecular weight is 496 g/mol. The summed E-state index contributed by atoms with van der Waals surface area (Å²) in [4.78, 5) is 19.9. The second-order valence-electron chi connectivity index (χ2n) is 8.68. The van der Waals surface area contributed by atoms with E-state index in [9.17, 15) is 9.90 Å². The fourth-order valence-electron chi connectivity index (χ4n) is 4.86. The molecule has 176 valence electrons. The summed E-state index contributed by atoms with van der Waals surface area (Å²) in [5.41, 5.74) is 4.76. The third kappa shape index (κ3) is 4.69. The fraction of sp³-hybridized carbons (Fsp3) is 0.308. The molecule has 0 atom stereocenters. The van der Waals surface area contributed by atoms with Crippen LogP contribution >= 0.6 is 22.9 Å². The zero-order valence-electron chi connectivity index (χ0n) is 18.9. The van der Waals surface area contributed by atoms with Gasteiger partial charge in [0, 0.05) is 23.8 Å². The van der Waals surface area contributed by atoms with Crippen molar-refractivity contribution >= 4 is 39.9 Å². The van der Waals surface area contributed by atoms with Crippen LogP contribution in [-0.2, 0) is 13.1 Å². The van der Waals surface area contributed by atoms with Gasteiger partial charge >= 0.3 is 5.97 Å². The van der Waals surface area contributed by atoms with Gasteiger partial charge in [0.2, 0.25) is 0 Å². The van der Waals surface area contributed by atoms with E-state index in [1.54, 1.807) is 23.5 Å². The fourth-order valence-corrected chi connectivity index (χ4v) is 5.95. The van der Waals surface area contributed by atoms with E-state index in [0.717, 1.165) is 60.0 Å². The molecular formula is C26H26ClN3O3S. The SMILES string of the molecule is COc1ccc(CN2CCC(c3cn(Cc4ccc(Cl)s4)c4cccnc34)CC2)cc1C(=O)O. The van der Waals surface area contributed by atoms with Gasteiger partial charge in [-0.1, -0.05) is 17.7 Å². The Morgan fingerprint density at radius 3 is 2.74 bits per heavy atom. The zero-order valence-corrected chi connectivity index (χ0v) is 20.5. The van der Waals surface area contributed by atoms with E-state index in [0.29, 0.717) is 11.7 Å². The molecule has 1 aliphatic heterocycles. The largest absolute Gasteiger partial charge is 0.496 e. The maximum Gasteiger partial charge on any atom is 0.339 e. The summed E-state index contributed by atoms with van der Waals surface area (Å²) >= 11 is 7.75. The van der Waals surface area contributed by atoms with Crippen LogP contribution in [0.25, 0.3) is 11.0 Å². The minimum absolute atomic E-state index is 0.209. The Morgan fingerprint density at radius 2 is 2.03 bits per heavy atom. The summed E-state index contributed by atoms with van der Waals surface area (Å²) in [6, 6.07) is 13.6. The van der Waals surface area contributed by atoms with Crippen molar-refractivity contribution in [3.63, 3.8) is 0 Å². The van der Waals surface area contributed by atoms with Crippen molar-refractivity contribution in [1.82, 2.24) is 14.5 Å². The van der Waals surface area contributed by atoms with Crippen LogP contribution in [0.2, 0.25) is 4.34 Å². The first kappa shape index (κ1) is 22.9. The van der Waals surface area contributed by atoms with Crippen LogP contribution in [-0.4, -0.2) is 45.7 Å². The summed E-state index contributed by atoms with van der Waals surface area (Å²) in [5, 5.41) is 9.46. The van der Waals surface area contributed by atoms with E-state index < -0.39 is 5.97 Å². The van der Waals surface area contributed by atoms with E-state index in [2.05, 4.69) is 27.8 Å². The number of aromatic nitrogens is 2. The minimum atomic E-state index is -0.967. The standard InChI is InChI=1S/C26H26ClN3O3S/c1-33-23-6-4-17(13-20(23)26(31)32)14-29-11-8-18(9-12-29)21-16-30(15-19-5-7-24(27)34-19)22-3-2-10-28-25(21)22/h2-7,10,13,16,18H,8-9,11-12,14-15H2,1H3,(H,31,32). The van der Waals surface area contributed by atoms with Crippen molar-refractivity contribution in [2.75, 3.05) is 20.2 Å². The summed E-state index contributed by atoms with van der Waals surface area (Å²) in [6.45, 7) is 3.44. The third-order valence-corrected chi connectivity index (χ3v) is 7.76. The maximum atomic E-state index is 11.5. The van der Waals surface area contributed by atoms with Gasteiger partial charge in [-0.15, -0.1) is 11.3 Å². The van der Waals surface area contributed by atoms with Crippen LogP contribution in [0.4, 0.5) is 0 Å². The van der Waals surface area contributed by atoms with Crippen LogP contribution in [0.15, 0.2) is 54.9 Å². The Morgan fingerprint density at radius 1 is 1.21 bits per heavy atom. The lowest BCUT2D eigenvalue weighted by Gasteiger charge is -2.32. The maximum absolute atomic E-state index is 11.5. The highest BCUT2D eigenvalue weighted by Crippen LogP contribution is 2.35. The number of ether oxygens (including phenoxy) is 1. The van der Waals surface area contributed by atoms with Gasteiger partial charge in [0.1, 0.15) is 11.3 Å². The number of carboxylic acid groups (broad SMARTS) is 1. The molecule has 0 saturated carbocycles. The smallest absolute Gasteiger partial charge is 0.339 e. The van der Waals surface area contributed by atoms with Gasteiger partial charge < -0.3 is 14.4 Å². The van der Waals surface area contributed by atoms with Gasteiger partial charge in [-0.25, -0.2) is 4.79 Å². The lowest BCUT2D eigenvalue weighted by Crippen LogP contribution is -2.32. The number of nitrogens with zero attached hydrogens (tertiary/aromatic N) is 3. The highest BCUT2D eigenvalue weighted by molar-refractivity contribution is 7.16. The molecule has 34 heavy (non-hydrogen) atoms. The molecule has 8 heteroatoms. The number of methoxy groups -OCH3 is 1. The van der Waals surface area contributed by atoms with Gasteiger partial charge in [-0.05, 0) is 79.4 Å². The molecule has 4 aromatic rings. The number of likely N-dealkylation sites (tertiary alicyclic amines) is 1. The van der Waals surface area contributed by atoms with Crippen LogP contribution in [0, 0.1) is 0 Å². The van der Waals surface area contributed by atoms with Crippen LogP contribution in [0.1, 0.15) is 45.1 Å². The van der Waals surface area contributed by atoms with E-state index in [4.69, 9.17) is 21.3 Å². The molecule has 1 aromatic carbocycles. The topological polar surface area (TPSA) is 67.6 Å². The zero-order chi connectivity index (χ0) is 23.7. The first-order valence-electron chi connectivity index (χ1n) is 11.3. The molecule has 1 N–H and O–H groups in total. The van der Waals surface area contributed by atoms with E-state index in [1.165, 1.54) is 17.6 Å². The van der Waals surface area contributed by atoms with Gasteiger partial charge in [-0.2, -0.15) is 0 Å². The lowest BCUT2D eigenvalue weighted by atomic mass is 9.90. The number of thiophene rings is 1. The molecule has 5 rings (SSSR count). The van der Waals surface area contributed by atoms with E-state index in [1.807, 2.05) is 24.4 Å². The second-order valence-corrected chi connectivity index (χ2v) is 10.5. The van der Waals surface area contributed by atoms with Gasteiger partial charge in [-0.3, -0.25) is 9.88 Å². The molecule has 0 unspecified atom stereocenters. The van der Waals surface area contributed by atoms with Crippen molar-refractivity contribution in [2.24, 2.45) is 0 Å². The Hall–Kier alpha value is -2.87. The van der Waals surface area contributed by atoms with Crippen molar-refractivity contribution in [3.05, 3.63) is 80.8 Å². The van der Waals surface area contributed by atoms with Gasteiger partial charge in [0.05, 0.1) is 29.0 Å². The molecular weight excluding hydrogens is 470 g/mol. The Bertz CT molecular complexity index is 1320. The van der Waals surface area contributed by atoms with Crippen molar-refractivity contribution < 1.29 is 14.6 Å². The Labute approximate surface area is 207 Å². The molecule has 1 aliphatic rings. The third-order valence-electron chi connectivity index (χ3n) is 6.55. The normalized spacial score (nSPS) is 15.1. The van der Waals surface area contributed by atoms with Gasteiger partial charge in [0.15, 0.2) is 0 Å². The predicted molar refractivity (Wildman–Crippen MR) is 135 cm³/mol. The number of benzene rings is 1. The van der Waals surface area contributed by atoms with E-state index >= 15 is 0 Å². The Balaban J connectivity index is 1.30. The number of hydrogen-bond acceptors (Lipinski definition) is 5. The molecule has 0 radical (unpaired) electrons. The van der Waals surface area contributed by atoms with Crippen molar-refractivity contribution in [3.8, 4) is 5.75 Å². The molecule has 0 spiro atoms. The van der Waals surface area contributed by atoms with Crippen molar-refractivity contribution in [1.29, 1.82) is 0 Å². The first-order valence-corrected chi connectivity index (χ1v) is 12.5. The molecule has 0 bridgehead atoms. The molecule has 0 aliphatic carbocycles. The highest BCUT2D eigenvalue weighted by atomic mass is 35.5. The first-order chi connectivity index (χ1) is 16.5. The molecule has 4 heterocycles. The second kappa shape index (κ2) is 9.78. The quantitative estimate of drug-likeness (QED) is 0.346. The number of rotatable bonds is 7. The molecule has 1 fully saturated rings. The monoisotopic (exact) mass is 495 g/mol. The summed E-state index contributed by atoms with van der Waals surface area (Å²) < 4.78 is 8.28. The minimum Gasteiger partial charge on any atom is -0.496 e. The van der Waals surface area contributed by atoms with Gasteiger partial charge in [0.25, 0.3) is 0 Å². The summed E-state index contributed by atoms with van der Waals surface area (Å²) in [5.74, 6) is -0.123. The van der Waals surface area contributed by atoms with Crippen molar-refractivity contribution in [2.45, 2.75) is 31.8 Å². The average Bonchev–Trinajstić information content (AvgIpc) is 3.43. The number of pyridine rings is 1. The number of carboxylic acids is 1. The Kier molecular flexibility index (Phi) is 6.59. The molecule has 3 aromatic heterocycles. The van der Waals surface area contributed by atoms with E-state index in [-0.39, 0.29) is 5.56 Å². The number of piperidine rings is 1. The number of aromatic carboxylic acids is 1. The molecule has 6 nitrogen and oxygen atoms in total. The lowest BCUT2D eigenvalue weighted by molar-refractivity contribution is 0.0693.